The van der Waals surface area contributed by atoms with Crippen LogP contribution in [0.1, 0.15) is 49.3 Å². The van der Waals surface area contributed by atoms with Crippen molar-refractivity contribution in [3.8, 4) is 0 Å². The van der Waals surface area contributed by atoms with Crippen LogP contribution in [0.25, 0.3) is 0 Å². The second-order valence-corrected chi connectivity index (χ2v) is 4.97. The molecule has 0 aliphatic heterocycles. The first-order valence-corrected chi connectivity index (χ1v) is 6.23. The van der Waals surface area contributed by atoms with E-state index in [1.54, 1.807) is 6.92 Å². The Morgan fingerprint density at radius 2 is 1.76 bits per heavy atom. The summed E-state index contributed by atoms with van der Waals surface area (Å²) in [7, 11) is 0. The van der Waals surface area contributed by atoms with Crippen LogP contribution in [-0.2, 0) is 0 Å². The normalized spacial score (nSPS) is 19.3. The van der Waals surface area contributed by atoms with E-state index < -0.39 is 17.7 Å². The van der Waals surface area contributed by atoms with Crippen LogP contribution in [0.2, 0.25) is 0 Å². The molecule has 0 radical (unpaired) electrons. The van der Waals surface area contributed by atoms with Crippen LogP contribution >= 0.6 is 0 Å². The molecular weight excluding hydrogens is 222 g/mol. The Kier molecular flexibility index (Phi) is 3.77. The zero-order valence-corrected chi connectivity index (χ0v) is 10.0. The Labute approximate surface area is 100 Å². The van der Waals surface area contributed by atoms with Crippen LogP contribution in [0.15, 0.2) is 12.1 Å². The maximum absolute atomic E-state index is 13.6. The highest BCUT2D eigenvalue weighted by Crippen LogP contribution is 2.35. The average Bonchev–Trinajstić information content (AvgIpc) is 2.34. The summed E-state index contributed by atoms with van der Waals surface area (Å²) in [5.41, 5.74) is 0.632. The first kappa shape index (κ1) is 12.5. The summed E-state index contributed by atoms with van der Waals surface area (Å²) in [4.78, 5) is 0. The maximum Gasteiger partial charge on any atom is 0.131 e. The Morgan fingerprint density at radius 1 is 1.12 bits per heavy atom. The van der Waals surface area contributed by atoms with Gasteiger partial charge in [-0.05, 0) is 37.3 Å². The molecule has 1 aliphatic carbocycles. The average molecular weight is 240 g/mol. The van der Waals surface area contributed by atoms with Gasteiger partial charge >= 0.3 is 0 Å². The highest BCUT2D eigenvalue weighted by molar-refractivity contribution is 5.27. The molecule has 0 amide bonds. The largest absolute Gasteiger partial charge is 0.388 e. The molecule has 0 saturated heterocycles. The van der Waals surface area contributed by atoms with Crippen molar-refractivity contribution in [3.05, 3.63) is 34.9 Å². The van der Waals surface area contributed by atoms with Gasteiger partial charge in [0.15, 0.2) is 0 Å². The van der Waals surface area contributed by atoms with Gasteiger partial charge in [-0.1, -0.05) is 19.3 Å². The van der Waals surface area contributed by atoms with Crippen molar-refractivity contribution in [3.63, 3.8) is 0 Å². The number of benzene rings is 1. The van der Waals surface area contributed by atoms with Crippen LogP contribution in [0.5, 0.6) is 0 Å². The SMILES string of the molecule is Cc1cc(C(O)C2CCCCC2)c(F)cc1F. The van der Waals surface area contributed by atoms with Crippen molar-refractivity contribution in [1.82, 2.24) is 0 Å². The Bertz CT molecular complexity index is 397. The van der Waals surface area contributed by atoms with Crippen LogP contribution in [0.3, 0.4) is 0 Å². The smallest absolute Gasteiger partial charge is 0.131 e. The molecule has 0 aromatic heterocycles. The third-order valence-electron chi connectivity index (χ3n) is 3.69. The number of rotatable bonds is 2. The molecule has 1 unspecified atom stereocenters. The zero-order chi connectivity index (χ0) is 12.4. The molecule has 3 heteroatoms. The molecule has 17 heavy (non-hydrogen) atoms. The summed E-state index contributed by atoms with van der Waals surface area (Å²) in [6.45, 7) is 1.59. The lowest BCUT2D eigenvalue weighted by Crippen LogP contribution is -2.17. The molecule has 0 spiro atoms. The van der Waals surface area contributed by atoms with E-state index in [-0.39, 0.29) is 11.5 Å². The second kappa shape index (κ2) is 5.13. The lowest BCUT2D eigenvalue weighted by molar-refractivity contribution is 0.0814. The first-order chi connectivity index (χ1) is 8.09. The Balaban J connectivity index is 2.23. The van der Waals surface area contributed by atoms with Crippen LogP contribution in [0.4, 0.5) is 8.78 Å². The van der Waals surface area contributed by atoms with E-state index in [0.29, 0.717) is 5.56 Å². The molecule has 2 rings (SSSR count). The fourth-order valence-electron chi connectivity index (χ4n) is 2.61. The summed E-state index contributed by atoms with van der Waals surface area (Å²) in [6.07, 6.45) is 4.42. The van der Waals surface area contributed by atoms with Crippen LogP contribution in [-0.4, -0.2) is 5.11 Å². The third kappa shape index (κ3) is 2.65. The van der Waals surface area contributed by atoms with E-state index >= 15 is 0 Å². The summed E-state index contributed by atoms with van der Waals surface area (Å²) < 4.78 is 26.8. The number of hydrogen-bond acceptors (Lipinski definition) is 1. The Morgan fingerprint density at radius 3 is 2.41 bits per heavy atom. The zero-order valence-electron chi connectivity index (χ0n) is 10.0. The van der Waals surface area contributed by atoms with Crippen molar-refractivity contribution in [2.45, 2.75) is 45.1 Å². The highest BCUT2D eigenvalue weighted by Gasteiger charge is 2.25. The quantitative estimate of drug-likeness (QED) is 0.831. The number of aliphatic hydroxyl groups is 1. The lowest BCUT2D eigenvalue weighted by Gasteiger charge is -2.27. The fourth-order valence-corrected chi connectivity index (χ4v) is 2.61. The maximum atomic E-state index is 13.6. The molecule has 1 aromatic rings. The van der Waals surface area contributed by atoms with Crippen molar-refractivity contribution >= 4 is 0 Å². The van der Waals surface area contributed by atoms with E-state index in [2.05, 4.69) is 0 Å². The third-order valence-corrected chi connectivity index (χ3v) is 3.69. The number of aliphatic hydroxyl groups excluding tert-OH is 1. The molecule has 1 fully saturated rings. The molecule has 1 atom stereocenters. The van der Waals surface area contributed by atoms with Gasteiger partial charge in [0, 0.05) is 11.6 Å². The van der Waals surface area contributed by atoms with Gasteiger partial charge < -0.3 is 5.11 Å². The summed E-state index contributed by atoms with van der Waals surface area (Å²) in [5.74, 6) is -1.07. The van der Waals surface area contributed by atoms with Gasteiger partial charge in [-0.3, -0.25) is 0 Å². The monoisotopic (exact) mass is 240 g/mol. The summed E-state index contributed by atoms with van der Waals surface area (Å²) in [5, 5.41) is 10.2. The molecule has 94 valence electrons. The minimum absolute atomic E-state index is 0.114. The van der Waals surface area contributed by atoms with Crippen molar-refractivity contribution < 1.29 is 13.9 Å². The predicted molar refractivity (Wildman–Crippen MR) is 62.6 cm³/mol. The van der Waals surface area contributed by atoms with Crippen LogP contribution in [0, 0.1) is 24.5 Å². The Hall–Kier alpha value is -0.960. The summed E-state index contributed by atoms with van der Waals surface area (Å²) >= 11 is 0. The van der Waals surface area contributed by atoms with Gasteiger partial charge in [-0.15, -0.1) is 0 Å². The molecule has 1 aliphatic rings. The highest BCUT2D eigenvalue weighted by atomic mass is 19.1. The topological polar surface area (TPSA) is 20.2 Å². The molecule has 1 nitrogen and oxygen atoms in total. The van der Waals surface area contributed by atoms with E-state index in [4.69, 9.17) is 0 Å². The second-order valence-electron chi connectivity index (χ2n) is 4.97. The van der Waals surface area contributed by atoms with Crippen molar-refractivity contribution in [2.75, 3.05) is 0 Å². The minimum Gasteiger partial charge on any atom is -0.388 e. The van der Waals surface area contributed by atoms with Crippen LogP contribution < -0.4 is 0 Å². The van der Waals surface area contributed by atoms with Gasteiger partial charge in [0.1, 0.15) is 11.6 Å². The molecule has 0 bridgehead atoms. The minimum atomic E-state index is -0.797. The number of halogens is 2. The van der Waals surface area contributed by atoms with E-state index in [1.165, 1.54) is 12.5 Å². The predicted octanol–water partition coefficient (Wildman–Crippen LogP) is 3.89. The lowest BCUT2D eigenvalue weighted by atomic mass is 9.82. The standard InChI is InChI=1S/C14H18F2O/c1-9-7-11(13(16)8-12(9)15)14(17)10-5-3-2-4-6-10/h7-8,10,14,17H,2-6H2,1H3. The van der Waals surface area contributed by atoms with E-state index in [0.717, 1.165) is 31.7 Å². The molecular formula is C14H18F2O. The van der Waals surface area contributed by atoms with Gasteiger partial charge in [-0.2, -0.15) is 0 Å². The van der Waals surface area contributed by atoms with Gasteiger partial charge in [-0.25, -0.2) is 8.78 Å². The van der Waals surface area contributed by atoms with E-state index in [9.17, 15) is 13.9 Å². The van der Waals surface area contributed by atoms with Gasteiger partial charge in [0.05, 0.1) is 6.10 Å². The van der Waals surface area contributed by atoms with Crippen molar-refractivity contribution in [1.29, 1.82) is 0 Å². The molecule has 1 saturated carbocycles. The van der Waals surface area contributed by atoms with E-state index in [1.807, 2.05) is 0 Å². The number of aryl methyl sites for hydroxylation is 1. The summed E-state index contributed by atoms with van der Waals surface area (Å²) in [6, 6.07) is 2.31. The number of hydrogen-bond donors (Lipinski definition) is 1. The molecule has 1 aromatic carbocycles. The van der Waals surface area contributed by atoms with Crippen molar-refractivity contribution in [2.24, 2.45) is 5.92 Å². The van der Waals surface area contributed by atoms with Gasteiger partial charge in [0.2, 0.25) is 0 Å². The molecule has 1 N–H and O–H groups in total. The first-order valence-electron chi connectivity index (χ1n) is 6.23. The molecule has 0 heterocycles. The van der Waals surface area contributed by atoms with Gasteiger partial charge in [0.25, 0.3) is 0 Å². The fraction of sp³-hybridized carbons (Fsp3) is 0.571.